The van der Waals surface area contributed by atoms with Crippen LogP contribution >= 0.6 is 0 Å². The summed E-state index contributed by atoms with van der Waals surface area (Å²) < 4.78 is 5.47. The summed E-state index contributed by atoms with van der Waals surface area (Å²) in [6.45, 7) is 3.85. The molecule has 2 fully saturated rings. The molecule has 0 spiro atoms. The molecule has 8 heteroatoms. The second kappa shape index (κ2) is 8.46. The Morgan fingerprint density at radius 2 is 1.96 bits per heavy atom. The molecule has 2 amide bonds. The lowest BCUT2D eigenvalue weighted by Gasteiger charge is -2.48. The summed E-state index contributed by atoms with van der Waals surface area (Å²) in [6, 6.07) is 5.63. The fourth-order valence-electron chi connectivity index (χ4n) is 3.97. The minimum atomic E-state index is -0.474. The molecule has 1 saturated carbocycles. The Bertz CT molecular complexity index is 640. The number of carbonyl (C=O) groups is 1. The smallest absolute Gasteiger partial charge is 0.319 e. The van der Waals surface area contributed by atoms with E-state index < -0.39 is 4.92 Å². The third kappa shape index (κ3) is 4.50. The standard InChI is InChI=1S/C18H26N4O4/c23-17(20-15-5-4-6-16(13-15)22(24)25)19-14-18(7-2-1-3-8-18)21-9-11-26-12-10-21/h4-6,13H,1-3,7-12,14H2,(H2,19,20,23). The van der Waals surface area contributed by atoms with Crippen LogP contribution in [0, 0.1) is 10.1 Å². The number of nitrogens with zero attached hydrogens (tertiary/aromatic N) is 2. The van der Waals surface area contributed by atoms with Crippen LogP contribution in [0.25, 0.3) is 0 Å². The normalized spacial score (nSPS) is 20.3. The molecule has 0 unspecified atom stereocenters. The van der Waals surface area contributed by atoms with E-state index >= 15 is 0 Å². The first-order chi connectivity index (χ1) is 12.6. The molecule has 1 saturated heterocycles. The van der Waals surface area contributed by atoms with Gasteiger partial charge in [-0.3, -0.25) is 15.0 Å². The summed E-state index contributed by atoms with van der Waals surface area (Å²) in [5.74, 6) is 0. The Hall–Kier alpha value is -2.19. The molecule has 2 aliphatic rings. The molecule has 0 bridgehead atoms. The quantitative estimate of drug-likeness (QED) is 0.620. The summed E-state index contributed by atoms with van der Waals surface area (Å²) in [6.07, 6.45) is 5.73. The van der Waals surface area contributed by atoms with Crippen molar-refractivity contribution in [2.75, 3.05) is 38.2 Å². The van der Waals surface area contributed by atoms with Crippen molar-refractivity contribution >= 4 is 17.4 Å². The average molecular weight is 362 g/mol. The SMILES string of the molecule is O=C(NCC1(N2CCOCC2)CCCCC1)Nc1cccc([N+](=O)[O-])c1. The lowest BCUT2D eigenvalue weighted by molar-refractivity contribution is -0.384. The molecule has 1 aromatic rings. The highest BCUT2D eigenvalue weighted by atomic mass is 16.6. The Labute approximate surface area is 153 Å². The first-order valence-electron chi connectivity index (χ1n) is 9.21. The molecule has 2 N–H and O–H groups in total. The van der Waals surface area contributed by atoms with Gasteiger partial charge in [0, 0.05) is 43.0 Å². The zero-order valence-corrected chi connectivity index (χ0v) is 14.9. The fourth-order valence-corrected chi connectivity index (χ4v) is 3.97. The van der Waals surface area contributed by atoms with E-state index in [9.17, 15) is 14.9 Å². The fraction of sp³-hybridized carbons (Fsp3) is 0.611. The molecule has 142 valence electrons. The van der Waals surface area contributed by atoms with Crippen molar-refractivity contribution < 1.29 is 14.5 Å². The molecular weight excluding hydrogens is 336 g/mol. The van der Waals surface area contributed by atoms with Crippen LogP contribution in [0.5, 0.6) is 0 Å². The van der Waals surface area contributed by atoms with Crippen LogP contribution in [-0.2, 0) is 4.74 Å². The average Bonchev–Trinajstić information content (AvgIpc) is 2.68. The number of hydrogen-bond acceptors (Lipinski definition) is 5. The van der Waals surface area contributed by atoms with Crippen LogP contribution in [0.15, 0.2) is 24.3 Å². The van der Waals surface area contributed by atoms with Gasteiger partial charge >= 0.3 is 6.03 Å². The van der Waals surface area contributed by atoms with Gasteiger partial charge in [0.05, 0.1) is 18.1 Å². The molecule has 8 nitrogen and oxygen atoms in total. The molecule has 1 heterocycles. The van der Waals surface area contributed by atoms with E-state index in [1.165, 1.54) is 31.4 Å². The highest BCUT2D eigenvalue weighted by molar-refractivity contribution is 5.89. The van der Waals surface area contributed by atoms with Gasteiger partial charge in [0.2, 0.25) is 0 Å². The van der Waals surface area contributed by atoms with Crippen LogP contribution in [-0.4, -0.2) is 54.2 Å². The van der Waals surface area contributed by atoms with Crippen molar-refractivity contribution in [2.24, 2.45) is 0 Å². The molecule has 0 radical (unpaired) electrons. The van der Waals surface area contributed by atoms with E-state index in [1.807, 2.05) is 0 Å². The maximum Gasteiger partial charge on any atom is 0.319 e. The number of amides is 2. The lowest BCUT2D eigenvalue weighted by atomic mass is 9.80. The number of hydrogen-bond donors (Lipinski definition) is 2. The number of ether oxygens (including phenoxy) is 1. The number of non-ortho nitro benzene ring substituents is 1. The van der Waals surface area contributed by atoms with Gasteiger partial charge in [-0.1, -0.05) is 25.3 Å². The van der Waals surface area contributed by atoms with Crippen LogP contribution in [0.2, 0.25) is 0 Å². The van der Waals surface area contributed by atoms with E-state index in [2.05, 4.69) is 15.5 Å². The van der Waals surface area contributed by atoms with E-state index in [0.29, 0.717) is 12.2 Å². The molecule has 3 rings (SSSR count). The summed E-state index contributed by atoms with van der Waals surface area (Å²) in [4.78, 5) is 25.2. The summed E-state index contributed by atoms with van der Waals surface area (Å²) in [5.41, 5.74) is 0.364. The molecule has 0 atom stereocenters. The van der Waals surface area contributed by atoms with Crippen molar-refractivity contribution in [1.29, 1.82) is 0 Å². The van der Waals surface area contributed by atoms with Crippen molar-refractivity contribution in [3.63, 3.8) is 0 Å². The third-order valence-electron chi connectivity index (χ3n) is 5.36. The first-order valence-corrected chi connectivity index (χ1v) is 9.21. The van der Waals surface area contributed by atoms with Gasteiger partial charge in [0.15, 0.2) is 0 Å². The van der Waals surface area contributed by atoms with Gasteiger partial charge in [-0.05, 0) is 18.9 Å². The summed E-state index contributed by atoms with van der Waals surface area (Å²) in [7, 11) is 0. The Balaban J connectivity index is 1.60. The molecule has 1 aliphatic carbocycles. The maximum atomic E-state index is 12.3. The van der Waals surface area contributed by atoms with Gasteiger partial charge in [0.1, 0.15) is 0 Å². The summed E-state index contributed by atoms with van der Waals surface area (Å²) >= 11 is 0. The van der Waals surface area contributed by atoms with Crippen LogP contribution in [0.4, 0.5) is 16.2 Å². The minimum absolute atomic E-state index is 0.0119. The predicted octanol–water partition coefficient (Wildman–Crippen LogP) is 2.75. The van der Waals surface area contributed by atoms with Gasteiger partial charge in [0.25, 0.3) is 5.69 Å². The van der Waals surface area contributed by atoms with E-state index in [1.54, 1.807) is 12.1 Å². The highest BCUT2D eigenvalue weighted by Gasteiger charge is 2.38. The molecule has 0 aromatic heterocycles. The number of nitro groups is 1. The van der Waals surface area contributed by atoms with Crippen molar-refractivity contribution in [3.8, 4) is 0 Å². The van der Waals surface area contributed by atoms with Crippen molar-refractivity contribution in [3.05, 3.63) is 34.4 Å². The van der Waals surface area contributed by atoms with Crippen LogP contribution in [0.3, 0.4) is 0 Å². The van der Waals surface area contributed by atoms with Gasteiger partial charge in [-0.15, -0.1) is 0 Å². The Kier molecular flexibility index (Phi) is 6.05. The van der Waals surface area contributed by atoms with Crippen LogP contribution < -0.4 is 10.6 Å². The molecule has 1 aromatic carbocycles. The molecule has 1 aliphatic heterocycles. The second-order valence-electron chi connectivity index (χ2n) is 7.00. The largest absolute Gasteiger partial charge is 0.379 e. The third-order valence-corrected chi connectivity index (χ3v) is 5.36. The Morgan fingerprint density at radius 3 is 2.65 bits per heavy atom. The highest BCUT2D eigenvalue weighted by Crippen LogP contribution is 2.33. The van der Waals surface area contributed by atoms with Gasteiger partial charge in [-0.2, -0.15) is 0 Å². The van der Waals surface area contributed by atoms with Gasteiger partial charge < -0.3 is 15.4 Å². The van der Waals surface area contributed by atoms with Crippen molar-refractivity contribution in [2.45, 2.75) is 37.6 Å². The van der Waals surface area contributed by atoms with Crippen LogP contribution in [0.1, 0.15) is 32.1 Å². The number of urea groups is 1. The monoisotopic (exact) mass is 362 g/mol. The number of anilines is 1. The van der Waals surface area contributed by atoms with Gasteiger partial charge in [-0.25, -0.2) is 4.79 Å². The number of carbonyl (C=O) groups excluding carboxylic acids is 1. The molecule has 26 heavy (non-hydrogen) atoms. The zero-order chi connectivity index (χ0) is 18.4. The molecular formula is C18H26N4O4. The number of nitro benzene ring substituents is 1. The van der Waals surface area contributed by atoms with Crippen molar-refractivity contribution in [1.82, 2.24) is 10.2 Å². The van der Waals surface area contributed by atoms with E-state index in [4.69, 9.17) is 4.74 Å². The number of rotatable bonds is 5. The zero-order valence-electron chi connectivity index (χ0n) is 14.9. The topological polar surface area (TPSA) is 96.7 Å². The predicted molar refractivity (Wildman–Crippen MR) is 98.3 cm³/mol. The lowest BCUT2D eigenvalue weighted by Crippen LogP contribution is -2.60. The first kappa shape index (κ1) is 18.6. The maximum absolute atomic E-state index is 12.3. The number of benzene rings is 1. The Morgan fingerprint density at radius 1 is 1.23 bits per heavy atom. The minimum Gasteiger partial charge on any atom is -0.379 e. The number of morpholine rings is 1. The second-order valence-corrected chi connectivity index (χ2v) is 7.00. The summed E-state index contributed by atoms with van der Waals surface area (Å²) in [5, 5.41) is 16.5. The van der Waals surface area contributed by atoms with E-state index in [0.717, 1.165) is 39.1 Å². The van der Waals surface area contributed by atoms with E-state index in [-0.39, 0.29) is 17.3 Å². The number of nitrogens with one attached hydrogen (secondary N) is 2.